The van der Waals surface area contributed by atoms with E-state index < -0.39 is 0 Å². The van der Waals surface area contributed by atoms with Crippen molar-refractivity contribution in [3.05, 3.63) is 18.3 Å². The summed E-state index contributed by atoms with van der Waals surface area (Å²) < 4.78 is 7.29. The summed E-state index contributed by atoms with van der Waals surface area (Å²) in [5, 5.41) is 7.49. The molecule has 0 amide bonds. The second-order valence-electron chi connectivity index (χ2n) is 5.00. The maximum atomic E-state index is 5.41. The lowest BCUT2D eigenvalue weighted by atomic mass is 9.91. The Morgan fingerprint density at radius 1 is 1.44 bits per heavy atom. The van der Waals surface area contributed by atoms with E-state index in [1.54, 1.807) is 6.20 Å². The molecule has 1 atom stereocenters. The standard InChI is InChI=1S/C12H17N5O/c1-12(5-3-4-6-14-12)11-15-9(16-18-11)10-13-7-8-17(10)2/h7-8,14H,3-6H2,1-2H3. The van der Waals surface area contributed by atoms with Gasteiger partial charge in [-0.05, 0) is 32.7 Å². The van der Waals surface area contributed by atoms with E-state index in [9.17, 15) is 0 Å². The zero-order valence-electron chi connectivity index (χ0n) is 10.7. The quantitative estimate of drug-likeness (QED) is 0.870. The molecule has 3 heterocycles. The number of hydrogen-bond donors (Lipinski definition) is 1. The van der Waals surface area contributed by atoms with Crippen molar-refractivity contribution in [1.82, 2.24) is 25.0 Å². The highest BCUT2D eigenvalue weighted by atomic mass is 16.5. The first-order chi connectivity index (χ1) is 8.69. The van der Waals surface area contributed by atoms with Gasteiger partial charge in [-0.3, -0.25) is 0 Å². The molecule has 18 heavy (non-hydrogen) atoms. The Balaban J connectivity index is 1.92. The van der Waals surface area contributed by atoms with E-state index in [-0.39, 0.29) is 5.54 Å². The molecule has 6 heteroatoms. The Morgan fingerprint density at radius 3 is 3.00 bits per heavy atom. The number of nitrogens with one attached hydrogen (secondary N) is 1. The Labute approximate surface area is 105 Å². The molecule has 1 unspecified atom stereocenters. The molecule has 0 aliphatic carbocycles. The van der Waals surface area contributed by atoms with Gasteiger partial charge in [0.25, 0.3) is 0 Å². The molecular weight excluding hydrogens is 230 g/mol. The normalized spacial score (nSPS) is 24.3. The second kappa shape index (κ2) is 4.20. The zero-order valence-corrected chi connectivity index (χ0v) is 10.7. The van der Waals surface area contributed by atoms with Crippen LogP contribution in [0.1, 0.15) is 32.1 Å². The highest BCUT2D eigenvalue weighted by Crippen LogP contribution is 2.29. The molecule has 0 saturated carbocycles. The lowest BCUT2D eigenvalue weighted by Gasteiger charge is -2.31. The minimum atomic E-state index is -0.200. The number of imidazole rings is 1. The number of hydrogen-bond acceptors (Lipinski definition) is 5. The number of aryl methyl sites for hydroxylation is 1. The Morgan fingerprint density at radius 2 is 2.33 bits per heavy atom. The van der Waals surface area contributed by atoms with Gasteiger partial charge in [-0.25, -0.2) is 4.98 Å². The van der Waals surface area contributed by atoms with E-state index >= 15 is 0 Å². The summed E-state index contributed by atoms with van der Waals surface area (Å²) in [6.45, 7) is 3.11. The van der Waals surface area contributed by atoms with Crippen molar-refractivity contribution in [1.29, 1.82) is 0 Å². The fourth-order valence-electron chi connectivity index (χ4n) is 2.36. The van der Waals surface area contributed by atoms with Crippen molar-refractivity contribution in [2.24, 2.45) is 7.05 Å². The van der Waals surface area contributed by atoms with Gasteiger partial charge in [0, 0.05) is 19.4 Å². The van der Waals surface area contributed by atoms with Crippen LogP contribution < -0.4 is 5.32 Å². The Hall–Kier alpha value is -1.69. The molecule has 96 valence electrons. The molecule has 0 spiro atoms. The predicted molar refractivity (Wildman–Crippen MR) is 65.7 cm³/mol. The number of aromatic nitrogens is 4. The summed E-state index contributed by atoms with van der Waals surface area (Å²) in [5.74, 6) is 1.93. The smallest absolute Gasteiger partial charge is 0.247 e. The van der Waals surface area contributed by atoms with Crippen LogP contribution in [-0.2, 0) is 12.6 Å². The first-order valence-electron chi connectivity index (χ1n) is 6.26. The van der Waals surface area contributed by atoms with Crippen molar-refractivity contribution in [3.63, 3.8) is 0 Å². The summed E-state index contributed by atoms with van der Waals surface area (Å²) in [4.78, 5) is 8.71. The molecule has 2 aromatic heterocycles. The van der Waals surface area contributed by atoms with Crippen LogP contribution >= 0.6 is 0 Å². The molecule has 0 bridgehead atoms. The highest BCUT2D eigenvalue weighted by molar-refractivity contribution is 5.42. The third-order valence-electron chi connectivity index (χ3n) is 3.54. The van der Waals surface area contributed by atoms with Crippen molar-refractivity contribution in [2.45, 2.75) is 31.7 Å². The van der Waals surface area contributed by atoms with E-state index in [2.05, 4.69) is 27.4 Å². The average Bonchev–Trinajstić information content (AvgIpc) is 2.98. The van der Waals surface area contributed by atoms with Crippen molar-refractivity contribution in [3.8, 4) is 11.6 Å². The van der Waals surface area contributed by atoms with Gasteiger partial charge in [0.2, 0.25) is 11.7 Å². The molecule has 3 rings (SSSR count). The van der Waals surface area contributed by atoms with Crippen molar-refractivity contribution >= 4 is 0 Å². The van der Waals surface area contributed by atoms with Crippen LogP contribution in [0.4, 0.5) is 0 Å². The average molecular weight is 247 g/mol. The summed E-state index contributed by atoms with van der Waals surface area (Å²) in [6.07, 6.45) is 7.01. The van der Waals surface area contributed by atoms with Gasteiger partial charge in [0.15, 0.2) is 5.82 Å². The highest BCUT2D eigenvalue weighted by Gasteiger charge is 2.34. The van der Waals surface area contributed by atoms with E-state index in [1.165, 1.54) is 12.8 Å². The van der Waals surface area contributed by atoms with Crippen LogP contribution in [0, 0.1) is 0 Å². The van der Waals surface area contributed by atoms with Crippen molar-refractivity contribution < 1.29 is 4.52 Å². The lowest BCUT2D eigenvalue weighted by molar-refractivity contribution is 0.207. The summed E-state index contributed by atoms with van der Waals surface area (Å²) >= 11 is 0. The van der Waals surface area contributed by atoms with Crippen LogP contribution in [0.3, 0.4) is 0 Å². The second-order valence-corrected chi connectivity index (χ2v) is 5.00. The Bertz CT molecular complexity index is 538. The first-order valence-corrected chi connectivity index (χ1v) is 6.26. The summed E-state index contributed by atoms with van der Waals surface area (Å²) in [7, 11) is 1.92. The van der Waals surface area contributed by atoms with Crippen LogP contribution in [-0.4, -0.2) is 26.2 Å². The van der Waals surface area contributed by atoms with Gasteiger partial charge in [-0.15, -0.1) is 0 Å². The molecule has 1 aliphatic heterocycles. The molecule has 1 saturated heterocycles. The topological polar surface area (TPSA) is 68.8 Å². The largest absolute Gasteiger partial charge is 0.337 e. The molecule has 1 fully saturated rings. The number of rotatable bonds is 2. The van der Waals surface area contributed by atoms with Crippen LogP contribution in [0.5, 0.6) is 0 Å². The predicted octanol–water partition coefficient (Wildman–Crippen LogP) is 1.46. The SMILES string of the molecule is Cn1ccnc1-c1noc(C2(C)CCCCN2)n1. The van der Waals surface area contributed by atoms with Gasteiger partial charge in [0.05, 0.1) is 5.54 Å². The van der Waals surface area contributed by atoms with Gasteiger partial charge in [0.1, 0.15) is 0 Å². The molecule has 2 aromatic rings. The molecule has 1 aliphatic rings. The van der Waals surface area contributed by atoms with E-state index in [1.807, 2.05) is 17.8 Å². The maximum absolute atomic E-state index is 5.41. The Kier molecular flexibility index (Phi) is 2.66. The fraction of sp³-hybridized carbons (Fsp3) is 0.583. The van der Waals surface area contributed by atoms with Gasteiger partial charge in [-0.2, -0.15) is 4.98 Å². The first kappa shape index (κ1) is 11.4. The lowest BCUT2D eigenvalue weighted by Crippen LogP contribution is -2.43. The number of piperidine rings is 1. The van der Waals surface area contributed by atoms with Gasteiger partial charge in [-0.1, -0.05) is 5.16 Å². The van der Waals surface area contributed by atoms with Gasteiger partial charge >= 0.3 is 0 Å². The minimum absolute atomic E-state index is 0.200. The maximum Gasteiger partial charge on any atom is 0.247 e. The van der Waals surface area contributed by atoms with E-state index in [0.717, 1.165) is 18.8 Å². The number of nitrogens with zero attached hydrogens (tertiary/aromatic N) is 4. The molecule has 0 radical (unpaired) electrons. The molecule has 1 N–H and O–H groups in total. The molecular formula is C12H17N5O. The monoisotopic (exact) mass is 247 g/mol. The molecule has 6 nitrogen and oxygen atoms in total. The van der Waals surface area contributed by atoms with Crippen LogP contribution in [0.15, 0.2) is 16.9 Å². The molecule has 0 aromatic carbocycles. The summed E-state index contributed by atoms with van der Waals surface area (Å²) in [6, 6.07) is 0. The van der Waals surface area contributed by atoms with E-state index in [0.29, 0.717) is 11.7 Å². The van der Waals surface area contributed by atoms with E-state index in [4.69, 9.17) is 4.52 Å². The summed E-state index contributed by atoms with van der Waals surface area (Å²) in [5.41, 5.74) is -0.200. The van der Waals surface area contributed by atoms with Crippen molar-refractivity contribution in [2.75, 3.05) is 6.54 Å². The van der Waals surface area contributed by atoms with Gasteiger partial charge < -0.3 is 14.4 Å². The van der Waals surface area contributed by atoms with Crippen LogP contribution in [0.25, 0.3) is 11.6 Å². The zero-order chi connectivity index (χ0) is 12.6. The fourth-order valence-corrected chi connectivity index (χ4v) is 2.36. The van der Waals surface area contributed by atoms with Crippen LogP contribution in [0.2, 0.25) is 0 Å². The third-order valence-corrected chi connectivity index (χ3v) is 3.54. The minimum Gasteiger partial charge on any atom is -0.337 e. The third kappa shape index (κ3) is 1.82.